The van der Waals surface area contributed by atoms with Gasteiger partial charge in [0.25, 0.3) is 0 Å². The second-order valence-corrected chi connectivity index (χ2v) is 7.57. The fourth-order valence-electron chi connectivity index (χ4n) is 2.99. The summed E-state index contributed by atoms with van der Waals surface area (Å²) in [5.41, 5.74) is 2.01. The van der Waals surface area contributed by atoms with Gasteiger partial charge in [-0.2, -0.15) is 0 Å². The van der Waals surface area contributed by atoms with Crippen molar-refractivity contribution in [3.8, 4) is 22.9 Å². The Hall–Kier alpha value is -3.72. The van der Waals surface area contributed by atoms with Gasteiger partial charge in [-0.1, -0.05) is 23.9 Å². The van der Waals surface area contributed by atoms with E-state index in [2.05, 4.69) is 25.3 Å². The maximum atomic E-state index is 12.5. The number of anilines is 1. The molecule has 0 radical (unpaired) electrons. The number of methoxy groups -OCH3 is 1. The highest BCUT2D eigenvalue weighted by Crippen LogP contribution is 2.27. The van der Waals surface area contributed by atoms with Crippen LogP contribution in [-0.2, 0) is 4.79 Å². The van der Waals surface area contributed by atoms with E-state index < -0.39 is 0 Å². The first-order valence-corrected chi connectivity index (χ1v) is 10.9. The Kier molecular flexibility index (Phi) is 6.76. The molecule has 4 aromatic rings. The third kappa shape index (κ3) is 4.94. The number of rotatable bonds is 8. The average molecular weight is 448 g/mol. The predicted octanol–water partition coefficient (Wildman–Crippen LogP) is 4.22. The molecule has 162 valence electrons. The number of aromatic nitrogens is 4. The summed E-state index contributed by atoms with van der Waals surface area (Å²) < 4.78 is 10.7. The molecule has 0 fully saturated rings. The van der Waals surface area contributed by atoms with Gasteiger partial charge in [-0.25, -0.2) is 19.9 Å². The van der Waals surface area contributed by atoms with Crippen LogP contribution in [-0.4, -0.2) is 45.3 Å². The van der Waals surface area contributed by atoms with Crippen molar-refractivity contribution in [2.24, 2.45) is 0 Å². The molecule has 9 heteroatoms. The van der Waals surface area contributed by atoms with Crippen LogP contribution < -0.4 is 14.8 Å². The number of carbonyl (C=O) groups excluding carboxylic acids is 1. The summed E-state index contributed by atoms with van der Waals surface area (Å²) in [5, 5.41) is 4.22. The number of amides is 1. The number of fused-ring (bicyclic) bond motifs is 1. The van der Waals surface area contributed by atoms with Crippen molar-refractivity contribution < 1.29 is 14.3 Å². The number of ether oxygens (including phenoxy) is 2. The molecule has 2 heterocycles. The van der Waals surface area contributed by atoms with Crippen LogP contribution in [0, 0.1) is 0 Å². The Labute approximate surface area is 189 Å². The lowest BCUT2D eigenvalue weighted by atomic mass is 10.2. The summed E-state index contributed by atoms with van der Waals surface area (Å²) in [4.78, 5) is 30.1. The second-order valence-electron chi connectivity index (χ2n) is 6.60. The number of para-hydroxylation sites is 2. The zero-order valence-electron chi connectivity index (χ0n) is 17.6. The van der Waals surface area contributed by atoms with Crippen molar-refractivity contribution in [2.45, 2.75) is 11.9 Å². The number of hydrogen-bond donors (Lipinski definition) is 1. The molecule has 0 aliphatic heterocycles. The molecule has 0 saturated heterocycles. The molecule has 0 unspecified atom stereocenters. The van der Waals surface area contributed by atoms with Gasteiger partial charge in [0.15, 0.2) is 11.5 Å². The van der Waals surface area contributed by atoms with Crippen LogP contribution in [0.15, 0.2) is 66.1 Å². The summed E-state index contributed by atoms with van der Waals surface area (Å²) in [5.74, 6) is 1.97. The number of benzene rings is 2. The molecular weight excluding hydrogens is 426 g/mol. The van der Waals surface area contributed by atoms with Crippen LogP contribution in [0.5, 0.6) is 11.5 Å². The van der Waals surface area contributed by atoms with E-state index in [9.17, 15) is 4.79 Å². The van der Waals surface area contributed by atoms with Crippen molar-refractivity contribution in [1.82, 2.24) is 19.9 Å². The lowest BCUT2D eigenvalue weighted by molar-refractivity contribution is -0.113. The van der Waals surface area contributed by atoms with E-state index in [1.165, 1.54) is 18.1 Å². The number of carbonyl (C=O) groups is 1. The summed E-state index contributed by atoms with van der Waals surface area (Å²) in [6.07, 6.45) is 3.13. The highest BCUT2D eigenvalue weighted by Gasteiger charge is 2.12. The molecule has 0 spiro atoms. The van der Waals surface area contributed by atoms with Gasteiger partial charge in [0.1, 0.15) is 22.9 Å². The SMILES string of the molecule is CCOc1ccccc1NC(=O)CSc1ncnc2nc(-c3ccc(OC)cc3)ncc12. The Balaban J connectivity index is 1.48. The first kappa shape index (κ1) is 21.5. The minimum atomic E-state index is -0.162. The molecule has 0 atom stereocenters. The van der Waals surface area contributed by atoms with Crippen molar-refractivity contribution >= 4 is 34.4 Å². The molecule has 0 aliphatic carbocycles. The van der Waals surface area contributed by atoms with Crippen molar-refractivity contribution in [3.05, 3.63) is 61.1 Å². The van der Waals surface area contributed by atoms with Crippen LogP contribution in [0.25, 0.3) is 22.4 Å². The van der Waals surface area contributed by atoms with E-state index in [4.69, 9.17) is 9.47 Å². The number of thioether (sulfide) groups is 1. The van der Waals surface area contributed by atoms with E-state index in [0.29, 0.717) is 39.9 Å². The fraction of sp³-hybridized carbons (Fsp3) is 0.174. The van der Waals surface area contributed by atoms with Gasteiger partial charge in [-0.3, -0.25) is 4.79 Å². The third-order valence-electron chi connectivity index (χ3n) is 4.50. The summed E-state index contributed by atoms with van der Waals surface area (Å²) in [6.45, 7) is 2.42. The van der Waals surface area contributed by atoms with Crippen molar-refractivity contribution in [1.29, 1.82) is 0 Å². The van der Waals surface area contributed by atoms with Gasteiger partial charge in [-0.05, 0) is 43.3 Å². The van der Waals surface area contributed by atoms with Gasteiger partial charge in [0.05, 0.1) is 30.5 Å². The lowest BCUT2D eigenvalue weighted by Crippen LogP contribution is -2.15. The largest absolute Gasteiger partial charge is 0.497 e. The summed E-state index contributed by atoms with van der Waals surface area (Å²) in [6, 6.07) is 14.8. The standard InChI is InChI=1S/C23H21N5O3S/c1-3-31-19-7-5-4-6-18(19)27-20(29)13-32-23-17-12-24-21(28-22(17)25-14-26-23)15-8-10-16(30-2)11-9-15/h4-12,14H,3,13H2,1-2H3,(H,27,29). The van der Waals surface area contributed by atoms with E-state index in [1.807, 2.05) is 55.5 Å². The van der Waals surface area contributed by atoms with Crippen molar-refractivity contribution in [3.63, 3.8) is 0 Å². The van der Waals surface area contributed by atoms with Crippen molar-refractivity contribution in [2.75, 3.05) is 24.8 Å². The van der Waals surface area contributed by atoms with E-state index >= 15 is 0 Å². The normalized spacial score (nSPS) is 10.7. The molecular formula is C23H21N5O3S. The Morgan fingerprint density at radius 1 is 1.06 bits per heavy atom. The molecule has 32 heavy (non-hydrogen) atoms. The minimum absolute atomic E-state index is 0.162. The maximum absolute atomic E-state index is 12.5. The van der Waals surface area contributed by atoms with Crippen LogP contribution >= 0.6 is 11.8 Å². The summed E-state index contributed by atoms with van der Waals surface area (Å²) in [7, 11) is 1.62. The number of nitrogens with zero attached hydrogens (tertiary/aromatic N) is 4. The molecule has 4 rings (SSSR count). The number of hydrogen-bond acceptors (Lipinski definition) is 8. The number of nitrogens with one attached hydrogen (secondary N) is 1. The first-order chi connectivity index (χ1) is 15.7. The molecule has 0 saturated carbocycles. The smallest absolute Gasteiger partial charge is 0.234 e. The van der Waals surface area contributed by atoms with Gasteiger partial charge in [0, 0.05) is 11.8 Å². The van der Waals surface area contributed by atoms with Crippen LogP contribution in [0.1, 0.15) is 6.92 Å². The Morgan fingerprint density at radius 3 is 2.66 bits per heavy atom. The molecule has 1 amide bonds. The van der Waals surface area contributed by atoms with Crippen LogP contribution in [0.3, 0.4) is 0 Å². The van der Waals surface area contributed by atoms with Gasteiger partial charge in [0.2, 0.25) is 5.91 Å². The Bertz CT molecular complexity index is 1230. The first-order valence-electron chi connectivity index (χ1n) is 9.94. The van der Waals surface area contributed by atoms with Gasteiger partial charge < -0.3 is 14.8 Å². The topological polar surface area (TPSA) is 99.1 Å². The van der Waals surface area contributed by atoms with E-state index in [-0.39, 0.29) is 11.7 Å². The molecule has 2 aromatic carbocycles. The van der Waals surface area contributed by atoms with Crippen LogP contribution in [0.4, 0.5) is 5.69 Å². The van der Waals surface area contributed by atoms with Gasteiger partial charge >= 0.3 is 0 Å². The predicted molar refractivity (Wildman–Crippen MR) is 124 cm³/mol. The average Bonchev–Trinajstić information content (AvgIpc) is 2.84. The maximum Gasteiger partial charge on any atom is 0.234 e. The zero-order chi connectivity index (χ0) is 22.3. The lowest BCUT2D eigenvalue weighted by Gasteiger charge is -2.11. The molecule has 2 aromatic heterocycles. The molecule has 1 N–H and O–H groups in total. The minimum Gasteiger partial charge on any atom is -0.497 e. The highest BCUT2D eigenvalue weighted by atomic mass is 32.2. The molecule has 0 aliphatic rings. The second kappa shape index (κ2) is 10.1. The Morgan fingerprint density at radius 2 is 1.88 bits per heavy atom. The zero-order valence-corrected chi connectivity index (χ0v) is 18.4. The quantitative estimate of drug-likeness (QED) is 0.317. The monoisotopic (exact) mass is 447 g/mol. The summed E-state index contributed by atoms with van der Waals surface area (Å²) >= 11 is 1.30. The van der Waals surface area contributed by atoms with E-state index in [1.54, 1.807) is 13.3 Å². The highest BCUT2D eigenvalue weighted by molar-refractivity contribution is 8.00. The van der Waals surface area contributed by atoms with E-state index in [0.717, 1.165) is 11.3 Å². The van der Waals surface area contributed by atoms with Gasteiger partial charge in [-0.15, -0.1) is 0 Å². The molecule has 0 bridgehead atoms. The fourth-order valence-corrected chi connectivity index (χ4v) is 3.75. The molecule has 8 nitrogen and oxygen atoms in total. The van der Waals surface area contributed by atoms with Crippen LogP contribution in [0.2, 0.25) is 0 Å². The third-order valence-corrected chi connectivity index (χ3v) is 5.51.